The molecule has 0 saturated carbocycles. The van der Waals surface area contributed by atoms with Crippen molar-refractivity contribution in [2.24, 2.45) is 0 Å². The summed E-state index contributed by atoms with van der Waals surface area (Å²) in [6.07, 6.45) is 0.775. The highest BCUT2D eigenvalue weighted by Gasteiger charge is 2.26. The molecule has 4 heterocycles. The molecule has 1 aliphatic rings. The van der Waals surface area contributed by atoms with Gasteiger partial charge < -0.3 is 9.15 Å². The fraction of sp³-hybridized carbons (Fsp3) is 0.125. The summed E-state index contributed by atoms with van der Waals surface area (Å²) in [5.41, 5.74) is 8.33. The fourth-order valence-electron chi connectivity index (χ4n) is 4.11. The first-order valence-corrected chi connectivity index (χ1v) is 10.3. The Balaban J connectivity index is 0.00000181. The predicted octanol–water partition coefficient (Wildman–Crippen LogP) is 7.04. The molecular weight excluding hydrogens is 402 g/mol. The molecule has 0 aliphatic carbocycles. The molecule has 0 atom stereocenters. The van der Waals surface area contributed by atoms with Gasteiger partial charge in [0.05, 0.1) is 12.3 Å². The Kier molecular flexibility index (Phi) is 4.34. The zero-order valence-electron chi connectivity index (χ0n) is 15.8. The molecule has 6 rings (SSSR count). The maximum atomic E-state index is 6.36. The minimum atomic E-state index is 0. The van der Waals surface area contributed by atoms with Crippen LogP contribution in [0.1, 0.15) is 11.3 Å². The third-order valence-corrected chi connectivity index (χ3v) is 6.24. The van der Waals surface area contributed by atoms with Crippen LogP contribution in [0.2, 0.25) is 0 Å². The topological polar surface area (TPSA) is 35.3 Å². The second kappa shape index (κ2) is 6.90. The van der Waals surface area contributed by atoms with E-state index in [-0.39, 0.29) is 12.4 Å². The van der Waals surface area contributed by atoms with Crippen molar-refractivity contribution < 1.29 is 9.15 Å². The first-order chi connectivity index (χ1) is 13.8. The second-order valence-corrected chi connectivity index (χ2v) is 8.11. The van der Waals surface area contributed by atoms with Crippen molar-refractivity contribution in [2.75, 3.05) is 6.61 Å². The highest BCUT2D eigenvalue weighted by atomic mass is 35.5. The smallest absolute Gasteiger partial charge is 0.163 e. The molecule has 0 fully saturated rings. The Bertz CT molecular complexity index is 1350. The molecule has 2 aromatic carbocycles. The van der Waals surface area contributed by atoms with E-state index >= 15 is 0 Å². The van der Waals surface area contributed by atoms with Gasteiger partial charge in [-0.3, -0.25) is 0 Å². The average Bonchev–Trinajstić information content (AvgIpc) is 3.32. The summed E-state index contributed by atoms with van der Waals surface area (Å²) in [6.45, 7) is 2.74. The lowest BCUT2D eigenvalue weighted by atomic mass is 9.93. The zero-order valence-corrected chi connectivity index (χ0v) is 17.4. The number of furan rings is 1. The number of benzene rings is 2. The molecule has 0 amide bonds. The number of halogens is 1. The number of thiophene rings is 1. The molecule has 5 aromatic rings. The van der Waals surface area contributed by atoms with Crippen LogP contribution in [-0.4, -0.2) is 11.6 Å². The molecule has 0 radical (unpaired) electrons. The number of hydrogen-bond donors (Lipinski definition) is 0. The highest BCUT2D eigenvalue weighted by molar-refractivity contribution is 7.13. The fourth-order valence-corrected chi connectivity index (χ4v) is 4.88. The van der Waals surface area contributed by atoms with Gasteiger partial charge in [-0.15, -0.1) is 23.7 Å². The van der Waals surface area contributed by atoms with Gasteiger partial charge >= 0.3 is 0 Å². The maximum Gasteiger partial charge on any atom is 0.163 e. The SMILES string of the molecule is Cc1ccc2c(c1)-c1c(nc3c(oc4ccccc43)c1-c1cccs1)CCO2.Cl. The van der Waals surface area contributed by atoms with E-state index in [1.807, 2.05) is 18.2 Å². The number of aryl methyl sites for hydroxylation is 1. The van der Waals surface area contributed by atoms with Crippen LogP contribution in [0.25, 0.3) is 43.6 Å². The van der Waals surface area contributed by atoms with Gasteiger partial charge in [0.1, 0.15) is 16.8 Å². The molecule has 3 nitrogen and oxygen atoms in total. The van der Waals surface area contributed by atoms with E-state index in [0.717, 1.165) is 56.6 Å². The number of rotatable bonds is 1. The normalized spacial score (nSPS) is 12.7. The largest absolute Gasteiger partial charge is 0.493 e. The molecule has 1 aliphatic heterocycles. The van der Waals surface area contributed by atoms with Crippen molar-refractivity contribution in [1.82, 2.24) is 4.98 Å². The summed E-state index contributed by atoms with van der Waals surface area (Å²) < 4.78 is 12.4. The standard InChI is InChI=1S/C24H17NO2S.ClH/c1-14-8-9-18-16(13-14)21-17(10-11-26-18)25-23-15-5-2-3-6-19(15)27-24(23)22(21)20-7-4-12-28-20;/h2-9,12-13H,10-11H2,1H3;1H. The summed E-state index contributed by atoms with van der Waals surface area (Å²) in [7, 11) is 0. The van der Waals surface area contributed by atoms with Crippen LogP contribution < -0.4 is 4.74 Å². The van der Waals surface area contributed by atoms with E-state index in [2.05, 4.69) is 48.7 Å². The molecule has 5 heteroatoms. The van der Waals surface area contributed by atoms with E-state index in [9.17, 15) is 0 Å². The summed E-state index contributed by atoms with van der Waals surface area (Å²) in [4.78, 5) is 6.29. The number of pyridine rings is 1. The van der Waals surface area contributed by atoms with Crippen LogP contribution in [0.3, 0.4) is 0 Å². The van der Waals surface area contributed by atoms with Gasteiger partial charge in [0.15, 0.2) is 5.58 Å². The van der Waals surface area contributed by atoms with Crippen molar-refractivity contribution in [2.45, 2.75) is 13.3 Å². The van der Waals surface area contributed by atoms with Crippen molar-refractivity contribution in [3.63, 3.8) is 0 Å². The van der Waals surface area contributed by atoms with Gasteiger partial charge in [0, 0.05) is 33.4 Å². The number of para-hydroxylation sites is 1. The molecule has 0 saturated heterocycles. The van der Waals surface area contributed by atoms with Crippen LogP contribution >= 0.6 is 23.7 Å². The first-order valence-electron chi connectivity index (χ1n) is 9.41. The number of aromatic nitrogens is 1. The third-order valence-electron chi connectivity index (χ3n) is 5.35. The lowest BCUT2D eigenvalue weighted by Gasteiger charge is -2.14. The van der Waals surface area contributed by atoms with Crippen molar-refractivity contribution in [3.05, 3.63) is 71.2 Å². The van der Waals surface area contributed by atoms with Crippen LogP contribution in [-0.2, 0) is 6.42 Å². The van der Waals surface area contributed by atoms with E-state index < -0.39 is 0 Å². The van der Waals surface area contributed by atoms with E-state index in [1.54, 1.807) is 11.3 Å². The summed E-state index contributed by atoms with van der Waals surface area (Å²) in [5, 5.41) is 3.17. The molecule has 3 aromatic heterocycles. The van der Waals surface area contributed by atoms with E-state index in [0.29, 0.717) is 6.61 Å². The molecule has 0 bridgehead atoms. The molecule has 0 spiro atoms. The van der Waals surface area contributed by atoms with Crippen LogP contribution in [0.15, 0.2) is 64.4 Å². The quantitative estimate of drug-likeness (QED) is 0.292. The van der Waals surface area contributed by atoms with Crippen LogP contribution in [0.5, 0.6) is 5.75 Å². The number of ether oxygens (including phenoxy) is 1. The lowest BCUT2D eigenvalue weighted by Crippen LogP contribution is -2.01. The Hall–Kier alpha value is -2.82. The summed E-state index contributed by atoms with van der Waals surface area (Å²) in [5.74, 6) is 0.916. The Morgan fingerprint density at radius 3 is 2.76 bits per heavy atom. The Labute approximate surface area is 178 Å². The molecule has 0 unspecified atom stereocenters. The van der Waals surface area contributed by atoms with Gasteiger partial charge in [0.25, 0.3) is 0 Å². The van der Waals surface area contributed by atoms with Gasteiger partial charge in [-0.05, 0) is 42.6 Å². The summed E-state index contributed by atoms with van der Waals surface area (Å²) >= 11 is 1.73. The lowest BCUT2D eigenvalue weighted by molar-refractivity contribution is 0.325. The first kappa shape index (κ1) is 18.2. The minimum absolute atomic E-state index is 0. The van der Waals surface area contributed by atoms with Crippen molar-refractivity contribution in [1.29, 1.82) is 0 Å². The number of hydrogen-bond acceptors (Lipinski definition) is 4. The monoisotopic (exact) mass is 419 g/mol. The van der Waals surface area contributed by atoms with Crippen LogP contribution in [0.4, 0.5) is 0 Å². The highest BCUT2D eigenvalue weighted by Crippen LogP contribution is 2.47. The zero-order chi connectivity index (χ0) is 18.7. The Morgan fingerprint density at radius 1 is 1.00 bits per heavy atom. The Morgan fingerprint density at radius 2 is 1.90 bits per heavy atom. The minimum Gasteiger partial charge on any atom is -0.493 e. The van der Waals surface area contributed by atoms with Crippen LogP contribution in [0, 0.1) is 6.92 Å². The molecule has 144 valence electrons. The van der Waals surface area contributed by atoms with Gasteiger partial charge in [0.2, 0.25) is 0 Å². The molecular formula is C24H18ClNO2S. The number of fused-ring (bicyclic) bond motifs is 6. The predicted molar refractivity (Wildman–Crippen MR) is 121 cm³/mol. The van der Waals surface area contributed by atoms with Gasteiger partial charge in [-0.25, -0.2) is 4.98 Å². The second-order valence-electron chi connectivity index (χ2n) is 7.16. The summed E-state index contributed by atoms with van der Waals surface area (Å²) in [6, 6.07) is 18.8. The van der Waals surface area contributed by atoms with Gasteiger partial charge in [-0.1, -0.05) is 29.8 Å². The van der Waals surface area contributed by atoms with E-state index in [1.165, 1.54) is 10.4 Å². The van der Waals surface area contributed by atoms with Gasteiger partial charge in [-0.2, -0.15) is 0 Å². The number of nitrogens with zero attached hydrogens (tertiary/aromatic N) is 1. The molecule has 29 heavy (non-hydrogen) atoms. The third kappa shape index (κ3) is 2.75. The van der Waals surface area contributed by atoms with Crippen molar-refractivity contribution in [3.8, 4) is 27.3 Å². The average molecular weight is 420 g/mol. The maximum absolute atomic E-state index is 6.36. The molecule has 0 N–H and O–H groups in total. The van der Waals surface area contributed by atoms with Crippen molar-refractivity contribution >= 4 is 45.8 Å². The van der Waals surface area contributed by atoms with E-state index in [4.69, 9.17) is 14.1 Å².